The minimum absolute atomic E-state index is 0.118. The van der Waals surface area contributed by atoms with Crippen LogP contribution >= 0.6 is 0 Å². The summed E-state index contributed by atoms with van der Waals surface area (Å²) in [6, 6.07) is -0.992. The van der Waals surface area contributed by atoms with E-state index in [0.29, 0.717) is 0 Å². The van der Waals surface area contributed by atoms with Crippen LogP contribution in [0.3, 0.4) is 0 Å². The molecular formula is C10H19N3O3. The van der Waals surface area contributed by atoms with Gasteiger partial charge in [0.25, 0.3) is 0 Å². The number of likely N-dealkylation sites (tertiary alicyclic amines) is 1. The monoisotopic (exact) mass is 229 g/mol. The maximum Gasteiger partial charge on any atom is 0.321 e. The molecule has 0 radical (unpaired) electrons. The zero-order valence-corrected chi connectivity index (χ0v) is 9.48. The Bertz CT molecular complexity index is 270. The molecule has 1 saturated heterocycles. The van der Waals surface area contributed by atoms with Crippen LogP contribution in [0.5, 0.6) is 0 Å². The highest BCUT2D eigenvalue weighted by Gasteiger charge is 2.21. The number of carboxylic acid groups (broad SMARTS) is 1. The first-order valence-corrected chi connectivity index (χ1v) is 5.45. The van der Waals surface area contributed by atoms with E-state index in [1.54, 1.807) is 0 Å². The van der Waals surface area contributed by atoms with Crippen LogP contribution in [-0.4, -0.2) is 54.1 Å². The number of amides is 1. The average Bonchev–Trinajstić information content (AvgIpc) is 2.16. The van der Waals surface area contributed by atoms with Gasteiger partial charge in [-0.2, -0.15) is 0 Å². The number of aliphatic carboxylic acids is 1. The molecule has 1 aliphatic rings. The standard InChI is InChI=1S/C10H19N3O3/c1-13-4-2-3-7(6-13)12-9(14)5-8(11)10(15)16/h7-8H,2-6,11H2,1H3,(H,12,14)(H,15,16). The fraction of sp³-hybridized carbons (Fsp3) is 0.800. The zero-order valence-electron chi connectivity index (χ0n) is 9.48. The van der Waals surface area contributed by atoms with Gasteiger partial charge < -0.3 is 21.1 Å². The maximum atomic E-state index is 11.5. The molecule has 6 heteroatoms. The normalized spacial score (nSPS) is 23.8. The zero-order chi connectivity index (χ0) is 12.1. The fourth-order valence-corrected chi connectivity index (χ4v) is 1.86. The van der Waals surface area contributed by atoms with E-state index in [2.05, 4.69) is 10.2 Å². The lowest BCUT2D eigenvalue weighted by molar-refractivity contribution is -0.140. The minimum Gasteiger partial charge on any atom is -0.480 e. The third-order valence-corrected chi connectivity index (χ3v) is 2.71. The molecule has 6 nitrogen and oxygen atoms in total. The van der Waals surface area contributed by atoms with Crippen molar-refractivity contribution in [3.05, 3.63) is 0 Å². The summed E-state index contributed by atoms with van der Waals surface area (Å²) in [5, 5.41) is 11.4. The maximum absolute atomic E-state index is 11.5. The van der Waals surface area contributed by atoms with E-state index in [9.17, 15) is 9.59 Å². The van der Waals surface area contributed by atoms with Gasteiger partial charge in [0.1, 0.15) is 6.04 Å². The Morgan fingerprint density at radius 2 is 2.31 bits per heavy atom. The Labute approximate surface area is 94.8 Å². The van der Waals surface area contributed by atoms with Crippen molar-refractivity contribution < 1.29 is 14.7 Å². The van der Waals surface area contributed by atoms with Crippen LogP contribution in [0.4, 0.5) is 0 Å². The summed E-state index contributed by atoms with van der Waals surface area (Å²) in [5.41, 5.74) is 5.28. The lowest BCUT2D eigenvalue weighted by atomic mass is 10.1. The summed E-state index contributed by atoms with van der Waals surface area (Å²) in [6.07, 6.45) is 1.83. The van der Waals surface area contributed by atoms with Gasteiger partial charge in [-0.3, -0.25) is 9.59 Å². The molecule has 4 N–H and O–H groups in total. The molecule has 0 saturated carbocycles. The third kappa shape index (κ3) is 4.16. The van der Waals surface area contributed by atoms with Gasteiger partial charge in [0.2, 0.25) is 5.91 Å². The van der Waals surface area contributed by atoms with Crippen molar-refractivity contribution in [2.45, 2.75) is 31.3 Å². The highest BCUT2D eigenvalue weighted by atomic mass is 16.4. The third-order valence-electron chi connectivity index (χ3n) is 2.71. The second kappa shape index (κ2) is 5.81. The molecule has 0 bridgehead atoms. The van der Waals surface area contributed by atoms with Crippen LogP contribution in [0.2, 0.25) is 0 Å². The van der Waals surface area contributed by atoms with E-state index in [0.717, 1.165) is 25.9 Å². The first kappa shape index (κ1) is 12.9. The molecule has 0 aromatic rings. The van der Waals surface area contributed by atoms with E-state index < -0.39 is 12.0 Å². The predicted octanol–water partition coefficient (Wildman–Crippen LogP) is -1.00. The van der Waals surface area contributed by atoms with Gasteiger partial charge in [0.15, 0.2) is 0 Å². The SMILES string of the molecule is CN1CCCC(NC(=O)CC(N)C(=O)O)C1. The van der Waals surface area contributed by atoms with Crippen molar-refractivity contribution in [1.29, 1.82) is 0 Å². The molecule has 0 aliphatic carbocycles. The van der Waals surface area contributed by atoms with Gasteiger partial charge in [-0.05, 0) is 26.4 Å². The Kier molecular flexibility index (Phi) is 4.70. The molecule has 16 heavy (non-hydrogen) atoms. The van der Waals surface area contributed by atoms with Crippen molar-refractivity contribution in [3.63, 3.8) is 0 Å². The summed E-state index contributed by atoms with van der Waals surface area (Å²) in [4.78, 5) is 24.1. The lowest BCUT2D eigenvalue weighted by Gasteiger charge is -2.30. The molecule has 0 aromatic heterocycles. The number of nitrogens with zero attached hydrogens (tertiary/aromatic N) is 1. The van der Waals surface area contributed by atoms with Crippen molar-refractivity contribution in [3.8, 4) is 0 Å². The summed E-state index contributed by atoms with van der Waals surface area (Å²) < 4.78 is 0. The number of carboxylic acids is 1. The van der Waals surface area contributed by atoms with Crippen molar-refractivity contribution >= 4 is 11.9 Å². The number of carbonyl (C=O) groups is 2. The van der Waals surface area contributed by atoms with Crippen LogP contribution < -0.4 is 11.1 Å². The van der Waals surface area contributed by atoms with Gasteiger partial charge in [0.05, 0.1) is 6.42 Å². The Morgan fingerprint density at radius 1 is 1.62 bits per heavy atom. The Balaban J connectivity index is 2.30. The van der Waals surface area contributed by atoms with E-state index >= 15 is 0 Å². The highest BCUT2D eigenvalue weighted by Crippen LogP contribution is 2.08. The molecule has 0 aromatic carbocycles. The van der Waals surface area contributed by atoms with Gasteiger partial charge in [-0.1, -0.05) is 0 Å². The molecule has 1 heterocycles. The number of nitrogens with two attached hydrogens (primary N) is 1. The summed E-state index contributed by atoms with van der Waals surface area (Å²) >= 11 is 0. The number of hydrogen-bond acceptors (Lipinski definition) is 4. The van der Waals surface area contributed by atoms with Crippen molar-refractivity contribution in [2.75, 3.05) is 20.1 Å². The largest absolute Gasteiger partial charge is 0.480 e. The molecular weight excluding hydrogens is 210 g/mol. The number of likely N-dealkylation sites (N-methyl/N-ethyl adjacent to an activating group) is 1. The number of rotatable bonds is 4. The van der Waals surface area contributed by atoms with E-state index in [1.807, 2.05) is 7.05 Å². The molecule has 1 aliphatic heterocycles. The Morgan fingerprint density at radius 3 is 2.88 bits per heavy atom. The number of piperidine rings is 1. The minimum atomic E-state index is -1.14. The van der Waals surface area contributed by atoms with Crippen LogP contribution in [0.15, 0.2) is 0 Å². The highest BCUT2D eigenvalue weighted by molar-refractivity contribution is 5.84. The summed E-state index contributed by atoms with van der Waals surface area (Å²) in [5.74, 6) is -1.42. The smallest absolute Gasteiger partial charge is 0.321 e. The van der Waals surface area contributed by atoms with Gasteiger partial charge in [0, 0.05) is 12.6 Å². The number of hydrogen-bond donors (Lipinski definition) is 3. The van der Waals surface area contributed by atoms with Crippen LogP contribution in [0.25, 0.3) is 0 Å². The molecule has 1 amide bonds. The second-order valence-corrected chi connectivity index (χ2v) is 4.32. The molecule has 92 valence electrons. The van der Waals surface area contributed by atoms with Gasteiger partial charge in [-0.25, -0.2) is 0 Å². The molecule has 1 rings (SSSR count). The molecule has 2 atom stereocenters. The van der Waals surface area contributed by atoms with Crippen molar-refractivity contribution in [2.24, 2.45) is 5.73 Å². The van der Waals surface area contributed by atoms with Gasteiger partial charge in [-0.15, -0.1) is 0 Å². The van der Waals surface area contributed by atoms with Crippen LogP contribution in [0.1, 0.15) is 19.3 Å². The van der Waals surface area contributed by atoms with E-state index in [4.69, 9.17) is 10.8 Å². The second-order valence-electron chi connectivity index (χ2n) is 4.32. The first-order valence-electron chi connectivity index (χ1n) is 5.45. The van der Waals surface area contributed by atoms with Crippen LogP contribution in [-0.2, 0) is 9.59 Å². The van der Waals surface area contributed by atoms with Crippen molar-refractivity contribution in [1.82, 2.24) is 10.2 Å². The van der Waals surface area contributed by atoms with E-state index in [1.165, 1.54) is 0 Å². The topological polar surface area (TPSA) is 95.7 Å². The average molecular weight is 229 g/mol. The first-order chi connectivity index (χ1) is 7.49. The number of nitrogens with one attached hydrogen (secondary N) is 1. The molecule has 0 spiro atoms. The molecule has 2 unspecified atom stereocenters. The predicted molar refractivity (Wildman–Crippen MR) is 58.9 cm³/mol. The Hall–Kier alpha value is -1.14. The summed E-state index contributed by atoms with van der Waals surface area (Å²) in [7, 11) is 2.00. The van der Waals surface area contributed by atoms with Gasteiger partial charge >= 0.3 is 5.97 Å². The quantitative estimate of drug-likeness (QED) is 0.574. The lowest BCUT2D eigenvalue weighted by Crippen LogP contribution is -2.48. The fourth-order valence-electron chi connectivity index (χ4n) is 1.86. The number of carbonyl (C=O) groups excluding carboxylic acids is 1. The van der Waals surface area contributed by atoms with Crippen LogP contribution in [0, 0.1) is 0 Å². The molecule has 1 fully saturated rings. The summed E-state index contributed by atoms with van der Waals surface area (Å²) in [6.45, 7) is 1.86. The van der Waals surface area contributed by atoms with E-state index in [-0.39, 0.29) is 18.4 Å².